The number of carbonyl (C=O) groups excluding carboxylic acids is 1. The van der Waals surface area contributed by atoms with Crippen LogP contribution in [-0.4, -0.2) is 41.4 Å². The van der Waals surface area contributed by atoms with Crippen molar-refractivity contribution in [3.63, 3.8) is 0 Å². The summed E-state index contributed by atoms with van der Waals surface area (Å²) in [5, 5.41) is 0. The second kappa shape index (κ2) is 8.22. The van der Waals surface area contributed by atoms with E-state index < -0.39 is 0 Å². The van der Waals surface area contributed by atoms with Gasteiger partial charge in [0.15, 0.2) is 0 Å². The quantitative estimate of drug-likeness (QED) is 0.820. The van der Waals surface area contributed by atoms with Gasteiger partial charge in [0.25, 0.3) is 0 Å². The molecule has 0 aromatic heterocycles. The van der Waals surface area contributed by atoms with Gasteiger partial charge in [-0.05, 0) is 55.0 Å². The highest BCUT2D eigenvalue weighted by Gasteiger charge is 2.37. The first kappa shape index (κ1) is 18.2. The van der Waals surface area contributed by atoms with Gasteiger partial charge in [-0.1, -0.05) is 42.5 Å². The first-order chi connectivity index (χ1) is 13.2. The summed E-state index contributed by atoms with van der Waals surface area (Å²) in [6.45, 7) is 3.55. The summed E-state index contributed by atoms with van der Waals surface area (Å²) in [5.41, 5.74) is 2.12. The molecule has 0 aliphatic carbocycles. The fourth-order valence-electron chi connectivity index (χ4n) is 4.68. The minimum absolute atomic E-state index is 0.164. The van der Waals surface area contributed by atoms with Crippen LogP contribution in [-0.2, 0) is 17.8 Å². The van der Waals surface area contributed by atoms with Gasteiger partial charge in [-0.3, -0.25) is 9.69 Å². The molecule has 2 heterocycles. The fraction of sp³-hybridized carbons (Fsp3) is 0.435. The highest BCUT2D eigenvalue weighted by atomic mass is 19.1. The van der Waals surface area contributed by atoms with Crippen LogP contribution >= 0.6 is 0 Å². The van der Waals surface area contributed by atoms with Crippen molar-refractivity contribution >= 4 is 5.91 Å². The first-order valence-corrected chi connectivity index (χ1v) is 9.99. The minimum atomic E-state index is -0.164. The van der Waals surface area contributed by atoms with Crippen molar-refractivity contribution in [1.29, 1.82) is 0 Å². The number of rotatable bonds is 4. The summed E-state index contributed by atoms with van der Waals surface area (Å²) in [6, 6.07) is 17.4. The van der Waals surface area contributed by atoms with E-state index in [1.165, 1.54) is 12.5 Å². The molecule has 2 atom stereocenters. The average molecular weight is 366 g/mol. The maximum Gasteiger partial charge on any atom is 0.227 e. The Kier molecular flexibility index (Phi) is 5.53. The Hall–Kier alpha value is -2.20. The highest BCUT2D eigenvalue weighted by Crippen LogP contribution is 2.32. The third-order valence-corrected chi connectivity index (χ3v) is 6.01. The molecule has 2 aromatic carbocycles. The molecule has 3 nitrogen and oxygen atoms in total. The zero-order valence-electron chi connectivity index (χ0n) is 15.7. The maximum absolute atomic E-state index is 13.5. The van der Waals surface area contributed by atoms with Crippen LogP contribution in [0.5, 0.6) is 0 Å². The van der Waals surface area contributed by atoms with E-state index >= 15 is 0 Å². The van der Waals surface area contributed by atoms with Crippen LogP contribution in [0, 0.1) is 11.7 Å². The lowest BCUT2D eigenvalue weighted by atomic mass is 9.83. The fourth-order valence-corrected chi connectivity index (χ4v) is 4.68. The number of fused-ring (bicyclic) bond motifs is 1. The van der Waals surface area contributed by atoms with Gasteiger partial charge in [0.05, 0.1) is 6.42 Å². The Morgan fingerprint density at radius 2 is 1.81 bits per heavy atom. The van der Waals surface area contributed by atoms with E-state index in [9.17, 15) is 9.18 Å². The molecular formula is C23H27FN2O. The maximum atomic E-state index is 13.5. The number of hydrogen-bond donors (Lipinski definition) is 0. The third-order valence-electron chi connectivity index (χ3n) is 6.01. The van der Waals surface area contributed by atoms with Crippen molar-refractivity contribution in [2.24, 2.45) is 5.92 Å². The molecule has 0 spiro atoms. The van der Waals surface area contributed by atoms with Gasteiger partial charge in [-0.15, -0.1) is 0 Å². The van der Waals surface area contributed by atoms with Crippen molar-refractivity contribution < 1.29 is 9.18 Å². The molecule has 0 N–H and O–H groups in total. The minimum Gasteiger partial charge on any atom is -0.342 e. The molecule has 1 amide bonds. The predicted molar refractivity (Wildman–Crippen MR) is 105 cm³/mol. The van der Waals surface area contributed by atoms with E-state index in [4.69, 9.17) is 0 Å². The van der Waals surface area contributed by atoms with Crippen molar-refractivity contribution in [2.45, 2.75) is 38.3 Å². The molecule has 2 aliphatic rings. The molecule has 2 saturated heterocycles. The molecule has 2 fully saturated rings. The Balaban J connectivity index is 1.38. The van der Waals surface area contributed by atoms with Gasteiger partial charge in [-0.25, -0.2) is 4.39 Å². The predicted octanol–water partition coefficient (Wildman–Crippen LogP) is 3.88. The third kappa shape index (κ3) is 4.38. The molecule has 4 heteroatoms. The topological polar surface area (TPSA) is 23.6 Å². The number of likely N-dealkylation sites (tertiary alicyclic amines) is 2. The average Bonchev–Trinajstić information content (AvgIpc) is 2.68. The lowest BCUT2D eigenvalue weighted by Crippen LogP contribution is -2.55. The monoisotopic (exact) mass is 366 g/mol. The number of nitrogens with zero attached hydrogens (tertiary/aromatic N) is 2. The Morgan fingerprint density at radius 3 is 2.63 bits per heavy atom. The molecule has 0 radical (unpaired) electrons. The molecule has 4 rings (SSSR count). The van der Waals surface area contributed by atoms with Crippen LogP contribution < -0.4 is 0 Å². The second-order valence-electron chi connectivity index (χ2n) is 7.86. The summed E-state index contributed by atoms with van der Waals surface area (Å²) in [5.74, 6) is 0.602. The van der Waals surface area contributed by atoms with Crippen molar-refractivity contribution in [1.82, 2.24) is 9.80 Å². The van der Waals surface area contributed by atoms with E-state index in [-0.39, 0.29) is 11.7 Å². The number of hydrogen-bond acceptors (Lipinski definition) is 2. The lowest BCUT2D eigenvalue weighted by Gasteiger charge is -2.47. The number of carbonyl (C=O) groups is 1. The molecule has 27 heavy (non-hydrogen) atoms. The zero-order chi connectivity index (χ0) is 18.6. The van der Waals surface area contributed by atoms with Gasteiger partial charge >= 0.3 is 0 Å². The summed E-state index contributed by atoms with van der Waals surface area (Å²) in [4.78, 5) is 17.3. The molecule has 0 saturated carbocycles. The van der Waals surface area contributed by atoms with E-state index in [0.717, 1.165) is 50.1 Å². The summed E-state index contributed by atoms with van der Waals surface area (Å²) in [7, 11) is 0. The SMILES string of the molecule is O=C(Cc1ccccc1)N1CC[C@H]2[C@H](CCCN2Cc2cccc(F)c2)C1. The molecule has 2 aliphatic heterocycles. The summed E-state index contributed by atoms with van der Waals surface area (Å²) < 4.78 is 13.5. The molecule has 0 bridgehead atoms. The number of amides is 1. The van der Waals surface area contributed by atoms with Crippen LogP contribution in [0.1, 0.15) is 30.4 Å². The van der Waals surface area contributed by atoms with E-state index in [2.05, 4.69) is 9.80 Å². The van der Waals surface area contributed by atoms with Crippen LogP contribution in [0.2, 0.25) is 0 Å². The van der Waals surface area contributed by atoms with E-state index in [0.29, 0.717) is 18.4 Å². The van der Waals surface area contributed by atoms with Gasteiger partial charge < -0.3 is 4.90 Å². The highest BCUT2D eigenvalue weighted by molar-refractivity contribution is 5.78. The van der Waals surface area contributed by atoms with E-state index in [1.807, 2.05) is 36.4 Å². The summed E-state index contributed by atoms with van der Waals surface area (Å²) >= 11 is 0. The molecule has 0 unspecified atom stereocenters. The largest absolute Gasteiger partial charge is 0.342 e. The Bertz CT molecular complexity index is 779. The van der Waals surface area contributed by atoms with E-state index in [1.54, 1.807) is 12.1 Å². The Labute approximate surface area is 160 Å². The summed E-state index contributed by atoms with van der Waals surface area (Å²) in [6.07, 6.45) is 3.84. The smallest absolute Gasteiger partial charge is 0.227 e. The van der Waals surface area contributed by atoms with Crippen molar-refractivity contribution in [3.05, 3.63) is 71.5 Å². The van der Waals surface area contributed by atoms with Crippen molar-refractivity contribution in [2.75, 3.05) is 19.6 Å². The molecule has 2 aromatic rings. The lowest BCUT2D eigenvalue weighted by molar-refractivity contribution is -0.134. The second-order valence-corrected chi connectivity index (χ2v) is 7.86. The molecular weight excluding hydrogens is 339 g/mol. The van der Waals surface area contributed by atoms with Crippen molar-refractivity contribution in [3.8, 4) is 0 Å². The van der Waals surface area contributed by atoms with Crippen LogP contribution in [0.3, 0.4) is 0 Å². The van der Waals surface area contributed by atoms with Gasteiger partial charge in [0.1, 0.15) is 5.82 Å². The van der Waals surface area contributed by atoms with Crippen LogP contribution in [0.25, 0.3) is 0 Å². The van der Waals surface area contributed by atoms with Gasteiger partial charge in [0, 0.05) is 25.7 Å². The van der Waals surface area contributed by atoms with Gasteiger partial charge in [-0.2, -0.15) is 0 Å². The zero-order valence-corrected chi connectivity index (χ0v) is 15.7. The van der Waals surface area contributed by atoms with Gasteiger partial charge in [0.2, 0.25) is 5.91 Å². The normalized spacial score (nSPS) is 23.1. The number of halogens is 1. The van der Waals surface area contributed by atoms with Crippen LogP contribution in [0.4, 0.5) is 4.39 Å². The Morgan fingerprint density at radius 1 is 1.00 bits per heavy atom. The first-order valence-electron chi connectivity index (χ1n) is 9.99. The standard InChI is InChI=1S/C23H27FN2O/c24-21-10-4-8-19(14-21)16-25-12-5-9-20-17-26(13-11-22(20)25)23(27)15-18-6-2-1-3-7-18/h1-4,6-8,10,14,20,22H,5,9,11-13,15-17H2/t20-,22+/m1/s1. The van der Waals surface area contributed by atoms with Crippen LogP contribution in [0.15, 0.2) is 54.6 Å². The number of piperidine rings is 2. The molecule has 142 valence electrons. The number of benzene rings is 2.